The molecule has 0 spiro atoms. The molecule has 1 N–H and O–H groups in total. The lowest BCUT2D eigenvalue weighted by Crippen LogP contribution is -2.46. The van der Waals surface area contributed by atoms with Crippen molar-refractivity contribution < 1.29 is 4.42 Å². The minimum atomic E-state index is 0.274. The summed E-state index contributed by atoms with van der Waals surface area (Å²) < 4.78 is 8.22. The Morgan fingerprint density at radius 3 is 2.88 bits per heavy atom. The highest BCUT2D eigenvalue weighted by Crippen LogP contribution is 2.27. The topological polar surface area (TPSA) is 46.2 Å². The van der Waals surface area contributed by atoms with Crippen LogP contribution in [0.2, 0.25) is 0 Å². The van der Waals surface area contributed by atoms with E-state index < -0.39 is 0 Å². The van der Waals surface area contributed by atoms with Crippen molar-refractivity contribution in [2.45, 2.75) is 26.4 Å². The molecular weight excluding hydrogens is 300 g/mol. The molecule has 1 fully saturated rings. The van der Waals surface area contributed by atoms with E-state index in [2.05, 4.69) is 58.9 Å². The molecule has 1 unspecified atom stereocenters. The number of furan rings is 1. The van der Waals surface area contributed by atoms with Gasteiger partial charge in [-0.2, -0.15) is 0 Å². The number of rotatable bonds is 3. The standard InChI is InChI=1S/C19H24N4O/c1-13-8-15-10-16(24-18(15)9-14(13)2)12-23-7-4-20-11-17(23)19-21-5-6-22(19)3/h5-6,8-10,17,20H,4,7,11-12H2,1-3H3. The van der Waals surface area contributed by atoms with Crippen molar-refractivity contribution in [2.24, 2.45) is 7.05 Å². The Morgan fingerprint density at radius 1 is 1.25 bits per heavy atom. The van der Waals surface area contributed by atoms with E-state index in [-0.39, 0.29) is 6.04 Å². The molecule has 3 aromatic rings. The van der Waals surface area contributed by atoms with Gasteiger partial charge in [-0.1, -0.05) is 0 Å². The Balaban J connectivity index is 1.62. The van der Waals surface area contributed by atoms with Crippen LogP contribution in [0.1, 0.15) is 28.8 Å². The molecule has 5 nitrogen and oxygen atoms in total. The molecule has 4 rings (SSSR count). The monoisotopic (exact) mass is 324 g/mol. The zero-order chi connectivity index (χ0) is 16.7. The third kappa shape index (κ3) is 2.74. The molecule has 24 heavy (non-hydrogen) atoms. The van der Waals surface area contributed by atoms with Crippen molar-refractivity contribution in [1.82, 2.24) is 19.8 Å². The summed E-state index contributed by atoms with van der Waals surface area (Å²) in [6.07, 6.45) is 3.88. The van der Waals surface area contributed by atoms with Crippen LogP contribution in [-0.4, -0.2) is 34.1 Å². The number of fused-ring (bicyclic) bond motifs is 1. The Bertz CT molecular complexity index is 825. The molecular formula is C19H24N4O. The van der Waals surface area contributed by atoms with Crippen molar-refractivity contribution in [3.63, 3.8) is 0 Å². The lowest BCUT2D eigenvalue weighted by atomic mass is 10.1. The van der Waals surface area contributed by atoms with Crippen molar-refractivity contribution in [3.8, 4) is 0 Å². The van der Waals surface area contributed by atoms with Crippen LogP contribution in [0.5, 0.6) is 0 Å². The van der Waals surface area contributed by atoms with Crippen molar-refractivity contribution in [2.75, 3.05) is 19.6 Å². The summed E-state index contributed by atoms with van der Waals surface area (Å²) in [5.41, 5.74) is 3.57. The van der Waals surface area contributed by atoms with Gasteiger partial charge in [-0.25, -0.2) is 4.98 Å². The van der Waals surface area contributed by atoms with Gasteiger partial charge in [0.15, 0.2) is 0 Å². The Hall–Kier alpha value is -2.11. The van der Waals surface area contributed by atoms with Gasteiger partial charge in [0, 0.05) is 44.5 Å². The molecule has 0 saturated carbocycles. The zero-order valence-corrected chi connectivity index (χ0v) is 14.5. The molecule has 5 heteroatoms. The molecule has 0 amide bonds. The van der Waals surface area contributed by atoms with Crippen LogP contribution in [0.25, 0.3) is 11.0 Å². The number of hydrogen-bond donors (Lipinski definition) is 1. The number of benzene rings is 1. The molecule has 3 heterocycles. The molecule has 1 aromatic carbocycles. The lowest BCUT2D eigenvalue weighted by Gasteiger charge is -2.35. The van der Waals surface area contributed by atoms with Gasteiger partial charge in [-0.3, -0.25) is 4.90 Å². The predicted octanol–water partition coefficient (Wildman–Crippen LogP) is 2.93. The van der Waals surface area contributed by atoms with E-state index in [1.807, 2.05) is 12.4 Å². The first-order valence-corrected chi connectivity index (χ1v) is 8.53. The van der Waals surface area contributed by atoms with E-state index >= 15 is 0 Å². The van der Waals surface area contributed by atoms with E-state index in [0.717, 1.165) is 43.3 Å². The van der Waals surface area contributed by atoms with Gasteiger partial charge in [-0.15, -0.1) is 0 Å². The number of nitrogens with zero attached hydrogens (tertiary/aromatic N) is 3. The average Bonchev–Trinajstić information content (AvgIpc) is 3.14. The van der Waals surface area contributed by atoms with E-state index in [0.29, 0.717) is 0 Å². The predicted molar refractivity (Wildman–Crippen MR) is 94.9 cm³/mol. The van der Waals surface area contributed by atoms with Gasteiger partial charge in [0.05, 0.1) is 12.6 Å². The van der Waals surface area contributed by atoms with E-state index in [1.165, 1.54) is 16.5 Å². The molecule has 2 aromatic heterocycles. The maximum atomic E-state index is 6.11. The van der Waals surface area contributed by atoms with Crippen LogP contribution in [0.15, 0.2) is 35.0 Å². The molecule has 0 radical (unpaired) electrons. The van der Waals surface area contributed by atoms with Gasteiger partial charge >= 0.3 is 0 Å². The number of imidazole rings is 1. The second-order valence-electron chi connectivity index (χ2n) is 6.77. The summed E-state index contributed by atoms with van der Waals surface area (Å²) in [5, 5.41) is 4.67. The Morgan fingerprint density at radius 2 is 2.08 bits per heavy atom. The maximum absolute atomic E-state index is 6.11. The van der Waals surface area contributed by atoms with E-state index in [4.69, 9.17) is 4.42 Å². The largest absolute Gasteiger partial charge is 0.460 e. The molecule has 126 valence electrons. The SMILES string of the molecule is Cc1cc2cc(CN3CCNCC3c3nccn3C)oc2cc1C. The summed E-state index contributed by atoms with van der Waals surface area (Å²) in [5.74, 6) is 2.13. The quantitative estimate of drug-likeness (QED) is 0.805. The molecule has 0 aliphatic carbocycles. The maximum Gasteiger partial charge on any atom is 0.134 e. The van der Waals surface area contributed by atoms with Gasteiger partial charge in [0.25, 0.3) is 0 Å². The first kappa shape index (κ1) is 15.4. The van der Waals surface area contributed by atoms with Gasteiger partial charge in [-0.05, 0) is 43.2 Å². The number of aromatic nitrogens is 2. The van der Waals surface area contributed by atoms with Gasteiger partial charge in [0.1, 0.15) is 17.2 Å². The molecule has 0 bridgehead atoms. The van der Waals surface area contributed by atoms with Crippen molar-refractivity contribution >= 4 is 11.0 Å². The fraction of sp³-hybridized carbons (Fsp3) is 0.421. The second kappa shape index (κ2) is 6.07. The zero-order valence-electron chi connectivity index (χ0n) is 14.5. The number of hydrogen-bond acceptors (Lipinski definition) is 4. The van der Waals surface area contributed by atoms with Crippen LogP contribution < -0.4 is 5.32 Å². The third-order valence-electron chi connectivity index (χ3n) is 5.05. The van der Waals surface area contributed by atoms with Crippen LogP contribution in [0.4, 0.5) is 0 Å². The number of nitrogens with one attached hydrogen (secondary N) is 1. The van der Waals surface area contributed by atoms with E-state index in [1.54, 1.807) is 0 Å². The number of aryl methyl sites for hydroxylation is 3. The summed E-state index contributed by atoms with van der Waals surface area (Å²) >= 11 is 0. The van der Waals surface area contributed by atoms with E-state index in [9.17, 15) is 0 Å². The summed E-state index contributed by atoms with van der Waals surface area (Å²) in [4.78, 5) is 7.00. The van der Waals surface area contributed by atoms with Gasteiger partial charge < -0.3 is 14.3 Å². The number of piperazine rings is 1. The minimum absolute atomic E-state index is 0.274. The van der Waals surface area contributed by atoms with Gasteiger partial charge in [0.2, 0.25) is 0 Å². The Kier molecular flexibility index (Phi) is 3.90. The lowest BCUT2D eigenvalue weighted by molar-refractivity contribution is 0.135. The Labute approximate surface area is 142 Å². The highest BCUT2D eigenvalue weighted by molar-refractivity contribution is 5.79. The highest BCUT2D eigenvalue weighted by Gasteiger charge is 2.27. The smallest absolute Gasteiger partial charge is 0.134 e. The third-order valence-corrected chi connectivity index (χ3v) is 5.05. The first-order chi connectivity index (χ1) is 11.6. The molecule has 1 aliphatic rings. The fourth-order valence-electron chi connectivity index (χ4n) is 3.52. The van der Waals surface area contributed by atoms with Crippen molar-refractivity contribution in [1.29, 1.82) is 0 Å². The summed E-state index contributed by atoms with van der Waals surface area (Å²) in [6, 6.07) is 6.81. The molecule has 1 atom stereocenters. The van der Waals surface area contributed by atoms with Crippen LogP contribution in [0, 0.1) is 13.8 Å². The van der Waals surface area contributed by atoms with Crippen LogP contribution in [0.3, 0.4) is 0 Å². The summed E-state index contributed by atoms with van der Waals surface area (Å²) in [7, 11) is 2.06. The summed E-state index contributed by atoms with van der Waals surface area (Å²) in [6.45, 7) is 8.00. The highest BCUT2D eigenvalue weighted by atomic mass is 16.3. The van der Waals surface area contributed by atoms with Crippen molar-refractivity contribution in [3.05, 3.63) is 53.3 Å². The normalized spacial score (nSPS) is 19.2. The first-order valence-electron chi connectivity index (χ1n) is 8.53. The molecule has 1 saturated heterocycles. The average molecular weight is 324 g/mol. The fourth-order valence-corrected chi connectivity index (χ4v) is 3.52. The molecule has 1 aliphatic heterocycles. The minimum Gasteiger partial charge on any atom is -0.460 e. The second-order valence-corrected chi connectivity index (χ2v) is 6.77. The van der Waals surface area contributed by atoms with Crippen LogP contribution >= 0.6 is 0 Å². The van der Waals surface area contributed by atoms with Crippen LogP contribution in [-0.2, 0) is 13.6 Å².